The zero-order chi connectivity index (χ0) is 20.8. The van der Waals surface area contributed by atoms with Crippen LogP contribution in [0.5, 0.6) is 5.75 Å². The van der Waals surface area contributed by atoms with Crippen molar-refractivity contribution < 1.29 is 32.2 Å². The summed E-state index contributed by atoms with van der Waals surface area (Å²) in [4.78, 5) is 24.3. The number of benzene rings is 2. The Hall–Kier alpha value is -3.07. The predicted molar refractivity (Wildman–Crippen MR) is 98.2 cm³/mol. The van der Waals surface area contributed by atoms with Gasteiger partial charge in [0.15, 0.2) is 17.5 Å². The van der Waals surface area contributed by atoms with Gasteiger partial charge in [-0.2, -0.15) is 0 Å². The van der Waals surface area contributed by atoms with Crippen LogP contribution in [0.2, 0.25) is 0 Å². The summed E-state index contributed by atoms with van der Waals surface area (Å²) in [6, 6.07) is 8.09. The molecule has 2 aromatic carbocycles. The van der Waals surface area contributed by atoms with Crippen LogP contribution in [0.3, 0.4) is 0 Å². The number of para-hydroxylation sites is 1. The highest BCUT2D eigenvalue weighted by atomic mass is 19.2. The second-order valence-corrected chi connectivity index (χ2v) is 6.40. The van der Waals surface area contributed by atoms with E-state index in [0.717, 1.165) is 18.9 Å². The summed E-state index contributed by atoms with van der Waals surface area (Å²) in [5, 5.41) is 4.46. The molecule has 0 aromatic heterocycles. The maximum Gasteiger partial charge on any atom is 0.255 e. The third-order valence-electron chi connectivity index (χ3n) is 4.30. The van der Waals surface area contributed by atoms with Gasteiger partial charge in [0.25, 0.3) is 5.91 Å². The molecule has 6 nitrogen and oxygen atoms in total. The number of hydrogen-bond donors (Lipinski definition) is 2. The molecular formula is C20H19F3N2O4. The highest BCUT2D eigenvalue weighted by Crippen LogP contribution is 2.21. The molecule has 2 aromatic rings. The fourth-order valence-corrected chi connectivity index (χ4v) is 2.81. The summed E-state index contributed by atoms with van der Waals surface area (Å²) in [6.07, 6.45) is 1.82. The van der Waals surface area contributed by atoms with Gasteiger partial charge in [0.05, 0.1) is 23.9 Å². The molecule has 2 amide bonds. The molecule has 1 saturated heterocycles. The summed E-state index contributed by atoms with van der Waals surface area (Å²) in [5.41, 5.74) is -0.305. The first-order chi connectivity index (χ1) is 14.0. The Balaban J connectivity index is 1.56. The molecule has 3 rings (SSSR count). The monoisotopic (exact) mass is 408 g/mol. The van der Waals surface area contributed by atoms with Crippen LogP contribution in [0, 0.1) is 17.5 Å². The lowest BCUT2D eigenvalue weighted by Gasteiger charge is -2.14. The van der Waals surface area contributed by atoms with Gasteiger partial charge in [-0.1, -0.05) is 12.1 Å². The number of nitrogens with one attached hydrogen (secondary N) is 2. The first kappa shape index (κ1) is 20.7. The van der Waals surface area contributed by atoms with E-state index >= 15 is 0 Å². The molecule has 1 aliphatic heterocycles. The van der Waals surface area contributed by atoms with Crippen LogP contribution in [0.25, 0.3) is 0 Å². The van der Waals surface area contributed by atoms with Gasteiger partial charge < -0.3 is 20.1 Å². The number of halogens is 3. The molecule has 0 spiro atoms. The molecule has 0 aliphatic carbocycles. The minimum atomic E-state index is -1.69. The van der Waals surface area contributed by atoms with Crippen LogP contribution in [0.4, 0.5) is 18.9 Å². The van der Waals surface area contributed by atoms with Crippen molar-refractivity contribution in [2.24, 2.45) is 0 Å². The van der Waals surface area contributed by atoms with Gasteiger partial charge in [-0.15, -0.1) is 0 Å². The summed E-state index contributed by atoms with van der Waals surface area (Å²) >= 11 is 0. The number of amides is 2. The number of rotatable bonds is 7. The molecule has 9 heteroatoms. The molecule has 1 fully saturated rings. The van der Waals surface area contributed by atoms with Crippen LogP contribution in [0.15, 0.2) is 36.4 Å². The molecule has 0 radical (unpaired) electrons. The zero-order valence-electron chi connectivity index (χ0n) is 15.3. The lowest BCUT2D eigenvalue weighted by molar-refractivity contribution is -0.115. The standard InChI is InChI=1S/C20H19F3N2O4/c21-14-7-8-15(19(23)18(14)22)25-17(26)10-24-20(27)13-5-1-2-6-16(13)29-11-12-4-3-9-28-12/h1-2,5-8,12H,3-4,9-11H2,(H,24,27)(H,25,26). The first-order valence-corrected chi connectivity index (χ1v) is 9.00. The van der Waals surface area contributed by atoms with E-state index in [-0.39, 0.29) is 11.7 Å². The second kappa shape index (κ2) is 9.42. The maximum atomic E-state index is 13.6. The van der Waals surface area contributed by atoms with E-state index in [1.54, 1.807) is 18.2 Å². The number of carbonyl (C=O) groups is 2. The van der Waals surface area contributed by atoms with Crippen LogP contribution < -0.4 is 15.4 Å². The van der Waals surface area contributed by atoms with Crippen LogP contribution in [0.1, 0.15) is 23.2 Å². The summed E-state index contributed by atoms with van der Waals surface area (Å²) in [7, 11) is 0. The summed E-state index contributed by atoms with van der Waals surface area (Å²) in [6.45, 7) is 0.487. The van der Waals surface area contributed by atoms with E-state index in [0.29, 0.717) is 25.0 Å². The average molecular weight is 408 g/mol. The Morgan fingerprint density at radius 2 is 1.90 bits per heavy atom. The van der Waals surface area contributed by atoms with E-state index in [9.17, 15) is 22.8 Å². The highest BCUT2D eigenvalue weighted by Gasteiger charge is 2.19. The van der Waals surface area contributed by atoms with Crippen molar-refractivity contribution in [3.05, 3.63) is 59.4 Å². The molecular weight excluding hydrogens is 389 g/mol. The summed E-state index contributed by atoms with van der Waals surface area (Å²) < 4.78 is 50.9. The van der Waals surface area contributed by atoms with E-state index < -0.39 is 41.5 Å². The molecule has 1 atom stereocenters. The molecule has 0 bridgehead atoms. The van der Waals surface area contributed by atoms with Crippen molar-refractivity contribution in [1.29, 1.82) is 0 Å². The maximum absolute atomic E-state index is 13.6. The normalized spacial score (nSPS) is 15.8. The highest BCUT2D eigenvalue weighted by molar-refractivity contribution is 6.00. The Kier molecular flexibility index (Phi) is 6.71. The van der Waals surface area contributed by atoms with Gasteiger partial charge in [0.1, 0.15) is 12.4 Å². The van der Waals surface area contributed by atoms with Gasteiger partial charge in [0, 0.05) is 6.61 Å². The fourth-order valence-electron chi connectivity index (χ4n) is 2.81. The third kappa shape index (κ3) is 5.26. The molecule has 1 heterocycles. The van der Waals surface area contributed by atoms with Crippen molar-refractivity contribution in [3.63, 3.8) is 0 Å². The predicted octanol–water partition coefficient (Wildman–Crippen LogP) is 3.03. The van der Waals surface area contributed by atoms with Gasteiger partial charge in [-0.3, -0.25) is 9.59 Å². The Labute approximate surface area is 165 Å². The van der Waals surface area contributed by atoms with E-state index in [1.807, 2.05) is 0 Å². The van der Waals surface area contributed by atoms with Crippen molar-refractivity contribution >= 4 is 17.5 Å². The van der Waals surface area contributed by atoms with Gasteiger partial charge in [-0.05, 0) is 37.1 Å². The van der Waals surface area contributed by atoms with Gasteiger partial charge in [0.2, 0.25) is 5.91 Å². The van der Waals surface area contributed by atoms with Crippen molar-refractivity contribution in [3.8, 4) is 5.75 Å². The van der Waals surface area contributed by atoms with Gasteiger partial charge in [-0.25, -0.2) is 13.2 Å². The van der Waals surface area contributed by atoms with Crippen molar-refractivity contribution in [2.45, 2.75) is 18.9 Å². The van der Waals surface area contributed by atoms with Crippen LogP contribution >= 0.6 is 0 Å². The molecule has 1 aliphatic rings. The number of carbonyl (C=O) groups excluding carboxylic acids is 2. The lowest BCUT2D eigenvalue weighted by Crippen LogP contribution is -2.33. The molecule has 1 unspecified atom stereocenters. The molecule has 0 saturated carbocycles. The fraction of sp³-hybridized carbons (Fsp3) is 0.300. The zero-order valence-corrected chi connectivity index (χ0v) is 15.3. The van der Waals surface area contributed by atoms with Crippen molar-refractivity contribution in [2.75, 3.05) is 25.1 Å². The van der Waals surface area contributed by atoms with Crippen LogP contribution in [-0.4, -0.2) is 37.7 Å². The first-order valence-electron chi connectivity index (χ1n) is 9.00. The van der Waals surface area contributed by atoms with Gasteiger partial charge >= 0.3 is 0 Å². The average Bonchev–Trinajstić information content (AvgIpc) is 3.25. The minimum absolute atomic E-state index is 0.0251. The quantitative estimate of drug-likeness (QED) is 0.691. The minimum Gasteiger partial charge on any atom is -0.490 e. The smallest absolute Gasteiger partial charge is 0.255 e. The Morgan fingerprint density at radius 3 is 2.66 bits per heavy atom. The van der Waals surface area contributed by atoms with E-state index in [1.165, 1.54) is 6.07 Å². The largest absolute Gasteiger partial charge is 0.490 e. The van der Waals surface area contributed by atoms with Crippen molar-refractivity contribution in [1.82, 2.24) is 5.32 Å². The van der Waals surface area contributed by atoms with Crippen LogP contribution in [-0.2, 0) is 9.53 Å². The summed E-state index contributed by atoms with van der Waals surface area (Å²) in [5.74, 6) is -5.61. The van der Waals surface area contributed by atoms with E-state index in [2.05, 4.69) is 10.6 Å². The molecule has 2 N–H and O–H groups in total. The molecule has 154 valence electrons. The Morgan fingerprint density at radius 1 is 1.10 bits per heavy atom. The SMILES string of the molecule is O=C(CNC(=O)c1ccccc1OCC1CCCO1)Nc1ccc(F)c(F)c1F. The Bertz CT molecular complexity index is 901. The lowest BCUT2D eigenvalue weighted by atomic mass is 10.2. The molecule has 29 heavy (non-hydrogen) atoms. The second-order valence-electron chi connectivity index (χ2n) is 6.40. The topological polar surface area (TPSA) is 76.7 Å². The number of hydrogen-bond acceptors (Lipinski definition) is 4. The number of ether oxygens (including phenoxy) is 2. The number of anilines is 1. The third-order valence-corrected chi connectivity index (χ3v) is 4.30. The van der Waals surface area contributed by atoms with E-state index in [4.69, 9.17) is 9.47 Å².